The standard InChI is InChI=1S/C8H10ClN3/c1-3-6(2)12-8-10-4-7(9)5-11-8/h3-6H,1H2,2H3,(H,10,11,12). The van der Waals surface area contributed by atoms with Crippen LogP contribution in [0.5, 0.6) is 0 Å². The summed E-state index contributed by atoms with van der Waals surface area (Å²) in [5.41, 5.74) is 0. The van der Waals surface area contributed by atoms with Gasteiger partial charge in [-0.15, -0.1) is 6.58 Å². The molecule has 0 spiro atoms. The summed E-state index contributed by atoms with van der Waals surface area (Å²) < 4.78 is 0. The van der Waals surface area contributed by atoms with Crippen LogP contribution in [0.4, 0.5) is 5.95 Å². The number of nitrogens with one attached hydrogen (secondary N) is 1. The molecule has 0 aromatic carbocycles. The molecule has 0 radical (unpaired) electrons. The first-order valence-electron chi connectivity index (χ1n) is 3.59. The van der Waals surface area contributed by atoms with Crippen LogP contribution >= 0.6 is 11.6 Å². The van der Waals surface area contributed by atoms with Crippen molar-refractivity contribution in [1.29, 1.82) is 0 Å². The molecule has 0 aliphatic carbocycles. The molecule has 4 heteroatoms. The molecule has 0 saturated carbocycles. The van der Waals surface area contributed by atoms with Crippen molar-refractivity contribution in [3.63, 3.8) is 0 Å². The highest BCUT2D eigenvalue weighted by molar-refractivity contribution is 6.30. The maximum Gasteiger partial charge on any atom is 0.223 e. The smallest absolute Gasteiger partial charge is 0.223 e. The van der Waals surface area contributed by atoms with E-state index in [0.29, 0.717) is 11.0 Å². The molecule has 12 heavy (non-hydrogen) atoms. The second kappa shape index (κ2) is 4.07. The van der Waals surface area contributed by atoms with Crippen molar-refractivity contribution in [2.24, 2.45) is 0 Å². The van der Waals surface area contributed by atoms with Crippen molar-refractivity contribution < 1.29 is 0 Å². The Kier molecular flexibility index (Phi) is 3.05. The van der Waals surface area contributed by atoms with Gasteiger partial charge in [-0.3, -0.25) is 0 Å². The summed E-state index contributed by atoms with van der Waals surface area (Å²) in [5, 5.41) is 3.55. The van der Waals surface area contributed by atoms with Gasteiger partial charge in [0, 0.05) is 6.04 Å². The molecule has 0 bridgehead atoms. The Hall–Kier alpha value is -1.09. The molecule has 1 aromatic heterocycles. The average molecular weight is 184 g/mol. The lowest BCUT2D eigenvalue weighted by Crippen LogP contribution is -2.13. The SMILES string of the molecule is C=CC(C)Nc1ncc(Cl)cn1. The van der Waals surface area contributed by atoms with E-state index in [1.807, 2.05) is 6.92 Å². The minimum atomic E-state index is 0.158. The van der Waals surface area contributed by atoms with E-state index in [0.717, 1.165) is 0 Å². The van der Waals surface area contributed by atoms with Gasteiger partial charge in [-0.25, -0.2) is 9.97 Å². The van der Waals surface area contributed by atoms with E-state index in [2.05, 4.69) is 21.9 Å². The lowest BCUT2D eigenvalue weighted by molar-refractivity contribution is 0.957. The summed E-state index contributed by atoms with van der Waals surface area (Å²) in [6, 6.07) is 0.158. The van der Waals surface area contributed by atoms with Crippen LogP contribution < -0.4 is 5.32 Å². The number of hydrogen-bond donors (Lipinski definition) is 1. The Morgan fingerprint density at radius 1 is 1.58 bits per heavy atom. The number of anilines is 1. The summed E-state index contributed by atoms with van der Waals surface area (Å²) in [4.78, 5) is 7.93. The normalized spacial score (nSPS) is 12.2. The van der Waals surface area contributed by atoms with Crippen molar-refractivity contribution >= 4 is 17.5 Å². The molecule has 64 valence electrons. The lowest BCUT2D eigenvalue weighted by atomic mass is 10.3. The van der Waals surface area contributed by atoms with Crippen molar-refractivity contribution in [2.45, 2.75) is 13.0 Å². The number of rotatable bonds is 3. The van der Waals surface area contributed by atoms with Crippen LogP contribution in [-0.2, 0) is 0 Å². The number of aromatic nitrogens is 2. The van der Waals surface area contributed by atoms with E-state index >= 15 is 0 Å². The van der Waals surface area contributed by atoms with Crippen LogP contribution in [-0.4, -0.2) is 16.0 Å². The largest absolute Gasteiger partial charge is 0.348 e. The molecular formula is C8H10ClN3. The molecule has 1 heterocycles. The second-order valence-corrected chi connectivity index (χ2v) is 2.83. The molecular weight excluding hydrogens is 174 g/mol. The molecule has 0 saturated heterocycles. The Morgan fingerprint density at radius 3 is 2.67 bits per heavy atom. The minimum absolute atomic E-state index is 0.158. The van der Waals surface area contributed by atoms with Crippen LogP contribution in [0.15, 0.2) is 25.0 Å². The molecule has 0 fully saturated rings. The third-order valence-electron chi connectivity index (χ3n) is 1.33. The lowest BCUT2D eigenvalue weighted by Gasteiger charge is -2.07. The zero-order valence-corrected chi connectivity index (χ0v) is 7.54. The Labute approximate surface area is 76.5 Å². The third-order valence-corrected chi connectivity index (χ3v) is 1.53. The average Bonchev–Trinajstić information content (AvgIpc) is 2.09. The predicted molar refractivity (Wildman–Crippen MR) is 50.3 cm³/mol. The van der Waals surface area contributed by atoms with E-state index in [9.17, 15) is 0 Å². The minimum Gasteiger partial charge on any atom is -0.348 e. The molecule has 1 aromatic rings. The quantitative estimate of drug-likeness (QED) is 0.730. The Balaban J connectivity index is 2.64. The maximum absolute atomic E-state index is 5.61. The van der Waals surface area contributed by atoms with Gasteiger partial charge in [0.2, 0.25) is 5.95 Å². The van der Waals surface area contributed by atoms with Gasteiger partial charge in [0.25, 0.3) is 0 Å². The number of halogens is 1. The Bertz CT molecular complexity index is 258. The first kappa shape index (κ1) is 9.00. The van der Waals surface area contributed by atoms with Gasteiger partial charge in [-0.05, 0) is 6.92 Å². The van der Waals surface area contributed by atoms with E-state index in [-0.39, 0.29) is 6.04 Å². The van der Waals surface area contributed by atoms with Crippen molar-refractivity contribution in [1.82, 2.24) is 9.97 Å². The van der Waals surface area contributed by atoms with Crippen LogP contribution in [0.3, 0.4) is 0 Å². The molecule has 0 amide bonds. The highest BCUT2D eigenvalue weighted by Crippen LogP contribution is 2.06. The fraction of sp³-hybridized carbons (Fsp3) is 0.250. The van der Waals surface area contributed by atoms with Crippen molar-refractivity contribution in [3.05, 3.63) is 30.1 Å². The van der Waals surface area contributed by atoms with E-state index in [1.165, 1.54) is 0 Å². The first-order valence-corrected chi connectivity index (χ1v) is 3.97. The van der Waals surface area contributed by atoms with Gasteiger partial charge in [0.15, 0.2) is 0 Å². The number of nitrogens with zero attached hydrogens (tertiary/aromatic N) is 2. The van der Waals surface area contributed by atoms with E-state index in [1.54, 1.807) is 18.5 Å². The summed E-state index contributed by atoms with van der Waals surface area (Å²) in [6.45, 7) is 5.59. The Morgan fingerprint density at radius 2 is 2.17 bits per heavy atom. The zero-order chi connectivity index (χ0) is 8.97. The fourth-order valence-electron chi connectivity index (χ4n) is 0.649. The zero-order valence-electron chi connectivity index (χ0n) is 6.79. The van der Waals surface area contributed by atoms with Crippen molar-refractivity contribution in [3.8, 4) is 0 Å². The molecule has 1 N–H and O–H groups in total. The van der Waals surface area contributed by atoms with Crippen LogP contribution in [0.2, 0.25) is 5.02 Å². The van der Waals surface area contributed by atoms with Gasteiger partial charge < -0.3 is 5.32 Å². The monoisotopic (exact) mass is 183 g/mol. The first-order chi connectivity index (χ1) is 5.72. The van der Waals surface area contributed by atoms with Gasteiger partial charge in [-0.2, -0.15) is 0 Å². The summed E-state index contributed by atoms with van der Waals surface area (Å²) in [6.07, 6.45) is 4.87. The van der Waals surface area contributed by atoms with Crippen LogP contribution in [0.25, 0.3) is 0 Å². The molecule has 1 unspecified atom stereocenters. The predicted octanol–water partition coefficient (Wildman–Crippen LogP) is 2.12. The number of hydrogen-bond acceptors (Lipinski definition) is 3. The molecule has 1 rings (SSSR count). The second-order valence-electron chi connectivity index (χ2n) is 2.39. The van der Waals surface area contributed by atoms with Crippen LogP contribution in [0.1, 0.15) is 6.92 Å². The third kappa shape index (κ3) is 2.51. The molecule has 3 nitrogen and oxygen atoms in total. The van der Waals surface area contributed by atoms with Gasteiger partial charge in [0.05, 0.1) is 17.4 Å². The van der Waals surface area contributed by atoms with Gasteiger partial charge >= 0.3 is 0 Å². The summed E-state index contributed by atoms with van der Waals surface area (Å²) >= 11 is 5.61. The molecule has 0 aliphatic heterocycles. The highest BCUT2D eigenvalue weighted by Gasteiger charge is 1.98. The van der Waals surface area contributed by atoms with Gasteiger partial charge in [0.1, 0.15) is 0 Å². The topological polar surface area (TPSA) is 37.8 Å². The van der Waals surface area contributed by atoms with Crippen LogP contribution in [0, 0.1) is 0 Å². The van der Waals surface area contributed by atoms with Crippen molar-refractivity contribution in [2.75, 3.05) is 5.32 Å². The fourth-order valence-corrected chi connectivity index (χ4v) is 0.747. The summed E-state index contributed by atoms with van der Waals surface area (Å²) in [5.74, 6) is 0.562. The van der Waals surface area contributed by atoms with E-state index < -0.39 is 0 Å². The molecule has 0 aliphatic rings. The maximum atomic E-state index is 5.61. The highest BCUT2D eigenvalue weighted by atomic mass is 35.5. The molecule has 1 atom stereocenters. The van der Waals surface area contributed by atoms with Gasteiger partial charge in [-0.1, -0.05) is 17.7 Å². The summed E-state index contributed by atoms with van der Waals surface area (Å²) in [7, 11) is 0. The van der Waals surface area contributed by atoms with E-state index in [4.69, 9.17) is 11.6 Å².